The maximum Gasteiger partial charge on any atom is 0.226 e. The molecule has 0 unspecified atom stereocenters. The van der Waals surface area contributed by atoms with Gasteiger partial charge in [0.15, 0.2) is 0 Å². The van der Waals surface area contributed by atoms with Crippen molar-refractivity contribution in [1.82, 2.24) is 15.1 Å². The zero-order valence-corrected chi connectivity index (χ0v) is 16.7. The van der Waals surface area contributed by atoms with Gasteiger partial charge < -0.3 is 10.6 Å². The second-order valence-electron chi connectivity index (χ2n) is 7.33. The van der Waals surface area contributed by atoms with Gasteiger partial charge in [-0.05, 0) is 67.3 Å². The maximum atomic E-state index is 13.0. The molecule has 0 saturated carbocycles. The zero-order chi connectivity index (χ0) is 20.6. The van der Waals surface area contributed by atoms with Crippen molar-refractivity contribution in [2.45, 2.75) is 32.1 Å². The number of nitrogen functional groups attached to an aromatic ring is 1. The van der Waals surface area contributed by atoms with Crippen LogP contribution in [0.2, 0.25) is 0 Å². The number of carbonyl (C=O) groups excluding carboxylic acids is 1. The summed E-state index contributed by atoms with van der Waals surface area (Å²) in [5.41, 5.74) is 10.2. The lowest BCUT2D eigenvalue weighted by atomic mass is 10.1. The van der Waals surface area contributed by atoms with Crippen LogP contribution in [0.3, 0.4) is 0 Å². The number of nitrogens with one attached hydrogen (secondary N) is 1. The van der Waals surface area contributed by atoms with Crippen LogP contribution in [0.15, 0.2) is 54.6 Å². The van der Waals surface area contributed by atoms with E-state index in [4.69, 9.17) is 5.73 Å². The second kappa shape index (κ2) is 9.87. The Labute approximate surface area is 170 Å². The molecule has 29 heavy (non-hydrogen) atoms. The highest BCUT2D eigenvalue weighted by Gasteiger charge is 2.09. The van der Waals surface area contributed by atoms with Gasteiger partial charge in [-0.25, -0.2) is 4.39 Å². The summed E-state index contributed by atoms with van der Waals surface area (Å²) in [6, 6.07) is 15.8. The molecule has 0 radical (unpaired) electrons. The van der Waals surface area contributed by atoms with Crippen molar-refractivity contribution in [2.24, 2.45) is 0 Å². The molecular formula is C23H27FN4O. The van der Waals surface area contributed by atoms with Crippen molar-refractivity contribution in [1.29, 1.82) is 0 Å². The Kier molecular flexibility index (Phi) is 7.00. The van der Waals surface area contributed by atoms with E-state index < -0.39 is 0 Å². The topological polar surface area (TPSA) is 75.0 Å². The summed E-state index contributed by atoms with van der Waals surface area (Å²) in [5.74, 6) is -0.131. The standard InChI is InChI=1S/C23H27FN4O/c1-28(23(29)15-17-6-12-20(25)13-7-17)14-4-2-3-5-21-16-22(27-26-21)18-8-10-19(24)11-9-18/h6-13,16H,2-5,14-15,25H2,1H3,(H,26,27). The molecule has 0 spiro atoms. The highest BCUT2D eigenvalue weighted by Crippen LogP contribution is 2.19. The van der Waals surface area contributed by atoms with Crippen LogP contribution in [-0.4, -0.2) is 34.6 Å². The third kappa shape index (κ3) is 6.17. The number of aryl methyl sites for hydroxylation is 1. The Morgan fingerprint density at radius 3 is 2.52 bits per heavy atom. The number of likely N-dealkylation sites (N-methyl/N-ethyl adjacent to an activating group) is 1. The quantitative estimate of drug-likeness (QED) is 0.422. The number of unbranched alkanes of at least 4 members (excludes halogenated alkanes) is 2. The first kappa shape index (κ1) is 20.6. The summed E-state index contributed by atoms with van der Waals surface area (Å²) in [5, 5.41) is 7.35. The van der Waals surface area contributed by atoms with Gasteiger partial charge in [0.05, 0.1) is 12.1 Å². The van der Waals surface area contributed by atoms with Crippen LogP contribution in [-0.2, 0) is 17.6 Å². The Morgan fingerprint density at radius 1 is 1.07 bits per heavy atom. The number of H-pyrrole nitrogens is 1. The lowest BCUT2D eigenvalue weighted by molar-refractivity contribution is -0.129. The first-order chi connectivity index (χ1) is 14.0. The summed E-state index contributed by atoms with van der Waals surface area (Å²) in [7, 11) is 1.85. The molecule has 0 fully saturated rings. The van der Waals surface area contributed by atoms with Gasteiger partial charge in [0.2, 0.25) is 5.91 Å². The molecule has 1 heterocycles. The van der Waals surface area contributed by atoms with Gasteiger partial charge >= 0.3 is 0 Å². The van der Waals surface area contributed by atoms with E-state index in [1.54, 1.807) is 17.0 Å². The highest BCUT2D eigenvalue weighted by atomic mass is 19.1. The molecule has 3 N–H and O–H groups in total. The summed E-state index contributed by atoms with van der Waals surface area (Å²) in [6.07, 6.45) is 4.31. The zero-order valence-electron chi connectivity index (χ0n) is 16.7. The predicted molar refractivity (Wildman–Crippen MR) is 114 cm³/mol. The number of anilines is 1. The van der Waals surface area contributed by atoms with Crippen molar-refractivity contribution >= 4 is 11.6 Å². The summed E-state index contributed by atoms with van der Waals surface area (Å²) < 4.78 is 13.0. The molecule has 0 aliphatic heterocycles. The van der Waals surface area contributed by atoms with E-state index in [1.165, 1.54) is 12.1 Å². The number of aromatic amines is 1. The van der Waals surface area contributed by atoms with Gasteiger partial charge in [0.1, 0.15) is 5.82 Å². The summed E-state index contributed by atoms with van der Waals surface area (Å²) in [4.78, 5) is 14.1. The number of rotatable bonds is 9. The van der Waals surface area contributed by atoms with E-state index in [0.29, 0.717) is 12.1 Å². The Morgan fingerprint density at radius 2 is 1.79 bits per heavy atom. The molecule has 2 aromatic carbocycles. The van der Waals surface area contributed by atoms with Crippen LogP contribution >= 0.6 is 0 Å². The number of amides is 1. The molecule has 5 nitrogen and oxygen atoms in total. The Balaban J connectivity index is 1.35. The number of halogens is 1. The van der Waals surface area contributed by atoms with E-state index in [1.807, 2.05) is 37.4 Å². The number of nitrogens with zero attached hydrogens (tertiary/aromatic N) is 2. The molecule has 0 saturated heterocycles. The molecule has 152 valence electrons. The highest BCUT2D eigenvalue weighted by molar-refractivity contribution is 5.78. The van der Waals surface area contributed by atoms with Crippen molar-refractivity contribution in [3.63, 3.8) is 0 Å². The molecule has 1 aromatic heterocycles. The van der Waals surface area contributed by atoms with Crippen LogP contribution in [0.25, 0.3) is 11.3 Å². The molecule has 6 heteroatoms. The number of carbonyl (C=O) groups is 1. The lowest BCUT2D eigenvalue weighted by Gasteiger charge is -2.17. The van der Waals surface area contributed by atoms with Crippen LogP contribution in [0.1, 0.15) is 30.5 Å². The maximum absolute atomic E-state index is 13.0. The van der Waals surface area contributed by atoms with Crippen molar-refractivity contribution in [2.75, 3.05) is 19.3 Å². The van der Waals surface area contributed by atoms with Crippen molar-refractivity contribution < 1.29 is 9.18 Å². The SMILES string of the molecule is CN(CCCCCc1cc(-c2ccc(F)cc2)n[nH]1)C(=O)Cc1ccc(N)cc1. The number of hydrogen-bond acceptors (Lipinski definition) is 3. The second-order valence-corrected chi connectivity index (χ2v) is 7.33. The van der Waals surface area contributed by atoms with Crippen LogP contribution in [0.5, 0.6) is 0 Å². The first-order valence-electron chi connectivity index (χ1n) is 9.90. The van der Waals surface area contributed by atoms with Gasteiger partial charge in [0, 0.05) is 30.5 Å². The smallest absolute Gasteiger partial charge is 0.226 e. The van der Waals surface area contributed by atoms with Gasteiger partial charge in [-0.15, -0.1) is 0 Å². The predicted octanol–water partition coefficient (Wildman–Crippen LogP) is 4.21. The fourth-order valence-electron chi connectivity index (χ4n) is 3.17. The van der Waals surface area contributed by atoms with Crippen LogP contribution in [0, 0.1) is 5.82 Å². The van der Waals surface area contributed by atoms with Gasteiger partial charge in [-0.1, -0.05) is 18.6 Å². The molecule has 3 aromatic rings. The molecule has 0 atom stereocenters. The van der Waals surface area contributed by atoms with E-state index in [0.717, 1.165) is 54.7 Å². The molecule has 0 aliphatic rings. The number of benzene rings is 2. The fourth-order valence-corrected chi connectivity index (χ4v) is 3.17. The van der Waals surface area contributed by atoms with Crippen molar-refractivity contribution in [3.8, 4) is 11.3 Å². The molecular weight excluding hydrogens is 367 g/mol. The normalized spacial score (nSPS) is 10.8. The van der Waals surface area contributed by atoms with Gasteiger partial charge in [-0.2, -0.15) is 5.10 Å². The average molecular weight is 394 g/mol. The van der Waals surface area contributed by atoms with Crippen molar-refractivity contribution in [3.05, 3.63) is 71.7 Å². The molecule has 0 bridgehead atoms. The average Bonchev–Trinajstić information content (AvgIpc) is 3.18. The first-order valence-corrected chi connectivity index (χ1v) is 9.90. The van der Waals surface area contributed by atoms with E-state index in [2.05, 4.69) is 10.2 Å². The third-order valence-corrected chi connectivity index (χ3v) is 4.97. The van der Waals surface area contributed by atoms with E-state index in [9.17, 15) is 9.18 Å². The number of hydrogen-bond donors (Lipinski definition) is 2. The lowest BCUT2D eigenvalue weighted by Crippen LogP contribution is -2.29. The van der Waals surface area contributed by atoms with Crippen LogP contribution < -0.4 is 5.73 Å². The van der Waals surface area contributed by atoms with Gasteiger partial charge in [0.25, 0.3) is 0 Å². The third-order valence-electron chi connectivity index (χ3n) is 4.97. The molecule has 3 rings (SSSR count). The Bertz CT molecular complexity index is 919. The van der Waals surface area contributed by atoms with Gasteiger partial charge in [-0.3, -0.25) is 9.89 Å². The minimum atomic E-state index is -0.249. The Hall–Kier alpha value is -3.15. The van der Waals surface area contributed by atoms with Crippen LogP contribution in [0.4, 0.5) is 10.1 Å². The number of aromatic nitrogens is 2. The minimum Gasteiger partial charge on any atom is -0.399 e. The molecule has 0 aliphatic carbocycles. The monoisotopic (exact) mass is 394 g/mol. The van der Waals surface area contributed by atoms with E-state index in [-0.39, 0.29) is 11.7 Å². The summed E-state index contributed by atoms with van der Waals surface area (Å²) >= 11 is 0. The minimum absolute atomic E-state index is 0.118. The summed E-state index contributed by atoms with van der Waals surface area (Å²) in [6.45, 7) is 0.748. The molecule has 1 amide bonds. The largest absolute Gasteiger partial charge is 0.399 e. The van der Waals surface area contributed by atoms with E-state index >= 15 is 0 Å². The fraction of sp³-hybridized carbons (Fsp3) is 0.304. The number of nitrogens with two attached hydrogens (primary N) is 1.